The fraction of sp³-hybridized carbons (Fsp3) is 0.294. The Hall–Kier alpha value is -1.71. The van der Waals surface area contributed by atoms with Crippen LogP contribution in [0.5, 0.6) is 0 Å². The van der Waals surface area contributed by atoms with Gasteiger partial charge in [0, 0.05) is 13.0 Å². The maximum Gasteiger partial charge on any atom is 0.123 e. The van der Waals surface area contributed by atoms with Crippen LogP contribution >= 0.6 is 0 Å². The maximum atomic E-state index is 13.3. The zero-order chi connectivity index (χ0) is 14.2. The highest BCUT2D eigenvalue weighted by Gasteiger charge is 2.37. The SMILES string of the molecule is CC(O)(Cc1cccc(F)c1)C1NCc2ccccc21. The molecular formula is C17H18FNO. The quantitative estimate of drug-likeness (QED) is 0.899. The van der Waals surface area contributed by atoms with Gasteiger partial charge in [-0.15, -0.1) is 0 Å². The van der Waals surface area contributed by atoms with E-state index in [9.17, 15) is 9.50 Å². The van der Waals surface area contributed by atoms with Crippen LogP contribution in [-0.2, 0) is 13.0 Å². The highest BCUT2D eigenvalue weighted by Crippen LogP contribution is 2.35. The third kappa shape index (κ3) is 2.47. The second-order valence-electron chi connectivity index (χ2n) is 5.68. The van der Waals surface area contributed by atoms with Crippen LogP contribution in [0.1, 0.15) is 29.7 Å². The maximum absolute atomic E-state index is 13.3. The van der Waals surface area contributed by atoms with Gasteiger partial charge in [-0.05, 0) is 35.7 Å². The molecule has 3 heteroatoms. The van der Waals surface area contributed by atoms with Crippen LogP contribution in [0.3, 0.4) is 0 Å². The van der Waals surface area contributed by atoms with Crippen molar-refractivity contribution in [1.29, 1.82) is 0 Å². The fourth-order valence-corrected chi connectivity index (χ4v) is 3.02. The number of benzene rings is 2. The summed E-state index contributed by atoms with van der Waals surface area (Å²) >= 11 is 0. The van der Waals surface area contributed by atoms with Gasteiger partial charge in [0.05, 0.1) is 11.6 Å². The topological polar surface area (TPSA) is 32.3 Å². The predicted octanol–water partition coefficient (Wildman–Crippen LogP) is 2.96. The molecule has 0 bridgehead atoms. The van der Waals surface area contributed by atoms with E-state index >= 15 is 0 Å². The van der Waals surface area contributed by atoms with E-state index in [2.05, 4.69) is 11.4 Å². The standard InChI is InChI=1S/C17H18FNO/c1-17(20,10-12-5-4-7-14(18)9-12)16-15-8-3-2-6-13(15)11-19-16/h2-9,16,19-20H,10-11H2,1H3. The molecule has 0 aliphatic carbocycles. The van der Waals surface area contributed by atoms with Crippen molar-refractivity contribution < 1.29 is 9.50 Å². The van der Waals surface area contributed by atoms with E-state index in [1.54, 1.807) is 13.0 Å². The molecular weight excluding hydrogens is 253 g/mol. The van der Waals surface area contributed by atoms with E-state index in [1.165, 1.54) is 17.7 Å². The predicted molar refractivity (Wildman–Crippen MR) is 76.8 cm³/mol. The van der Waals surface area contributed by atoms with Gasteiger partial charge in [0.2, 0.25) is 0 Å². The number of halogens is 1. The molecule has 1 heterocycles. The Morgan fingerprint density at radius 1 is 1.25 bits per heavy atom. The van der Waals surface area contributed by atoms with E-state index in [0.717, 1.165) is 17.7 Å². The van der Waals surface area contributed by atoms with Crippen molar-refractivity contribution in [2.24, 2.45) is 0 Å². The van der Waals surface area contributed by atoms with Gasteiger partial charge in [-0.1, -0.05) is 36.4 Å². The third-order valence-electron chi connectivity index (χ3n) is 3.94. The number of nitrogens with one attached hydrogen (secondary N) is 1. The van der Waals surface area contributed by atoms with Crippen LogP contribution in [0.25, 0.3) is 0 Å². The molecule has 0 spiro atoms. The molecule has 0 fully saturated rings. The average molecular weight is 271 g/mol. The summed E-state index contributed by atoms with van der Waals surface area (Å²) in [6, 6.07) is 14.4. The summed E-state index contributed by atoms with van der Waals surface area (Å²) in [4.78, 5) is 0. The number of hydrogen-bond donors (Lipinski definition) is 2. The monoisotopic (exact) mass is 271 g/mol. The lowest BCUT2D eigenvalue weighted by atomic mass is 9.85. The second kappa shape index (κ2) is 5.00. The Balaban J connectivity index is 1.86. The van der Waals surface area contributed by atoms with Crippen LogP contribution in [0, 0.1) is 5.82 Å². The first kappa shape index (κ1) is 13.3. The molecule has 3 rings (SSSR count). The molecule has 0 radical (unpaired) electrons. The van der Waals surface area contributed by atoms with Gasteiger partial charge in [-0.25, -0.2) is 4.39 Å². The fourth-order valence-electron chi connectivity index (χ4n) is 3.02. The van der Waals surface area contributed by atoms with E-state index in [4.69, 9.17) is 0 Å². The molecule has 2 nitrogen and oxygen atoms in total. The van der Waals surface area contributed by atoms with Crippen LogP contribution in [0.4, 0.5) is 4.39 Å². The molecule has 2 N–H and O–H groups in total. The Bertz CT molecular complexity index is 624. The summed E-state index contributed by atoms with van der Waals surface area (Å²) in [7, 11) is 0. The lowest BCUT2D eigenvalue weighted by Crippen LogP contribution is -2.40. The lowest BCUT2D eigenvalue weighted by molar-refractivity contribution is 0.0222. The zero-order valence-electron chi connectivity index (χ0n) is 11.4. The summed E-state index contributed by atoms with van der Waals surface area (Å²) in [6.45, 7) is 2.57. The van der Waals surface area contributed by atoms with Gasteiger partial charge in [0.15, 0.2) is 0 Å². The van der Waals surface area contributed by atoms with Crippen molar-refractivity contribution in [3.63, 3.8) is 0 Å². The summed E-state index contributed by atoms with van der Waals surface area (Å²) in [5.74, 6) is -0.266. The molecule has 20 heavy (non-hydrogen) atoms. The first-order chi connectivity index (χ1) is 9.56. The van der Waals surface area contributed by atoms with E-state index in [0.29, 0.717) is 6.42 Å². The van der Waals surface area contributed by atoms with Crippen molar-refractivity contribution in [3.8, 4) is 0 Å². The van der Waals surface area contributed by atoms with Crippen molar-refractivity contribution in [3.05, 3.63) is 71.0 Å². The third-order valence-corrected chi connectivity index (χ3v) is 3.94. The second-order valence-corrected chi connectivity index (χ2v) is 5.68. The van der Waals surface area contributed by atoms with Crippen molar-refractivity contribution >= 4 is 0 Å². The molecule has 2 aromatic rings. The first-order valence-electron chi connectivity index (χ1n) is 6.84. The average Bonchev–Trinajstić information content (AvgIpc) is 2.82. The van der Waals surface area contributed by atoms with Crippen molar-refractivity contribution in [2.75, 3.05) is 0 Å². The Morgan fingerprint density at radius 3 is 2.85 bits per heavy atom. The number of fused-ring (bicyclic) bond motifs is 1. The van der Waals surface area contributed by atoms with Gasteiger partial charge >= 0.3 is 0 Å². The van der Waals surface area contributed by atoms with Gasteiger partial charge in [0.25, 0.3) is 0 Å². The normalized spacial score (nSPS) is 20.4. The molecule has 2 unspecified atom stereocenters. The summed E-state index contributed by atoms with van der Waals surface area (Å²) in [5, 5.41) is 14.2. The summed E-state index contributed by atoms with van der Waals surface area (Å²) in [6.07, 6.45) is 0.413. The molecule has 0 aromatic heterocycles. The van der Waals surface area contributed by atoms with E-state index in [1.807, 2.05) is 24.3 Å². The molecule has 0 amide bonds. The Morgan fingerprint density at radius 2 is 2.05 bits per heavy atom. The van der Waals surface area contributed by atoms with Crippen molar-refractivity contribution in [2.45, 2.75) is 31.5 Å². The first-order valence-corrected chi connectivity index (χ1v) is 6.84. The summed E-state index contributed by atoms with van der Waals surface area (Å²) < 4.78 is 13.3. The van der Waals surface area contributed by atoms with Gasteiger partial charge in [-0.3, -0.25) is 0 Å². The van der Waals surface area contributed by atoms with Gasteiger partial charge in [-0.2, -0.15) is 0 Å². The van der Waals surface area contributed by atoms with Gasteiger partial charge < -0.3 is 10.4 Å². The summed E-state index contributed by atoms with van der Waals surface area (Å²) in [5.41, 5.74) is 2.20. The smallest absolute Gasteiger partial charge is 0.123 e. The molecule has 2 atom stereocenters. The number of aliphatic hydroxyl groups is 1. The van der Waals surface area contributed by atoms with Crippen molar-refractivity contribution in [1.82, 2.24) is 5.32 Å². The molecule has 1 aliphatic rings. The molecule has 0 saturated carbocycles. The number of hydrogen-bond acceptors (Lipinski definition) is 2. The van der Waals surface area contributed by atoms with E-state index in [-0.39, 0.29) is 11.9 Å². The highest BCUT2D eigenvalue weighted by atomic mass is 19.1. The van der Waals surface area contributed by atoms with Crippen LogP contribution in [-0.4, -0.2) is 10.7 Å². The minimum absolute atomic E-state index is 0.123. The van der Waals surface area contributed by atoms with Crippen LogP contribution in [0.2, 0.25) is 0 Å². The Kier molecular flexibility index (Phi) is 3.32. The number of rotatable bonds is 3. The van der Waals surface area contributed by atoms with E-state index < -0.39 is 5.60 Å². The molecule has 2 aromatic carbocycles. The Labute approximate surface area is 118 Å². The molecule has 1 aliphatic heterocycles. The zero-order valence-corrected chi connectivity index (χ0v) is 11.4. The van der Waals surface area contributed by atoms with Gasteiger partial charge in [0.1, 0.15) is 5.82 Å². The lowest BCUT2D eigenvalue weighted by Gasteiger charge is -2.31. The van der Waals surface area contributed by atoms with Crippen LogP contribution in [0.15, 0.2) is 48.5 Å². The molecule has 0 saturated heterocycles. The minimum Gasteiger partial charge on any atom is -0.388 e. The highest BCUT2D eigenvalue weighted by molar-refractivity contribution is 5.36. The largest absolute Gasteiger partial charge is 0.388 e. The molecule has 104 valence electrons. The van der Waals surface area contributed by atoms with Crippen LogP contribution < -0.4 is 5.32 Å². The minimum atomic E-state index is -0.958.